The Hall–Kier alpha value is -3.13. The van der Waals surface area contributed by atoms with Gasteiger partial charge in [-0.15, -0.1) is 11.3 Å². The lowest BCUT2D eigenvalue weighted by molar-refractivity contribution is 0.628. The first-order valence-electron chi connectivity index (χ1n) is 8.54. The van der Waals surface area contributed by atoms with E-state index in [0.29, 0.717) is 5.95 Å². The Morgan fingerprint density at radius 3 is 2.52 bits per heavy atom. The number of halogens is 1. The smallest absolute Gasteiger partial charge is 0.222 e. The molecule has 0 aliphatic heterocycles. The number of rotatable bonds is 7. The molecule has 1 aromatic carbocycles. The van der Waals surface area contributed by atoms with E-state index < -0.39 is 0 Å². The minimum absolute atomic E-state index is 0.247. The number of nitrogens with zero attached hydrogens (tertiary/aromatic N) is 4. The quantitative estimate of drug-likeness (QED) is 0.468. The molecule has 3 aromatic heterocycles. The van der Waals surface area contributed by atoms with Gasteiger partial charge in [0.25, 0.3) is 0 Å². The molecular weight excluding hydrogens is 363 g/mol. The van der Waals surface area contributed by atoms with Crippen molar-refractivity contribution in [2.75, 3.05) is 23.7 Å². The number of hydrogen-bond donors (Lipinski definition) is 2. The molecule has 0 unspecified atom stereocenters. The Balaban J connectivity index is 1.45. The van der Waals surface area contributed by atoms with Crippen molar-refractivity contribution in [1.29, 1.82) is 0 Å². The van der Waals surface area contributed by atoms with Crippen molar-refractivity contribution in [3.8, 4) is 11.1 Å². The highest BCUT2D eigenvalue weighted by atomic mass is 32.1. The highest BCUT2D eigenvalue weighted by Crippen LogP contribution is 2.36. The molecule has 4 rings (SSSR count). The number of aromatic nitrogens is 4. The Morgan fingerprint density at radius 2 is 1.70 bits per heavy atom. The van der Waals surface area contributed by atoms with E-state index in [2.05, 4.69) is 30.6 Å². The lowest BCUT2D eigenvalue weighted by Crippen LogP contribution is -2.11. The van der Waals surface area contributed by atoms with Gasteiger partial charge in [0, 0.05) is 36.4 Å². The number of hydrogen-bond acceptors (Lipinski definition) is 7. The molecule has 4 aromatic rings. The van der Waals surface area contributed by atoms with Crippen LogP contribution in [-0.4, -0.2) is 33.0 Å². The van der Waals surface area contributed by atoms with Gasteiger partial charge >= 0.3 is 0 Å². The summed E-state index contributed by atoms with van der Waals surface area (Å²) in [6.45, 7) is 1.49. The van der Waals surface area contributed by atoms with Crippen LogP contribution in [0.2, 0.25) is 0 Å². The lowest BCUT2D eigenvalue weighted by atomic mass is 10.1. The first kappa shape index (κ1) is 17.3. The van der Waals surface area contributed by atoms with Crippen LogP contribution < -0.4 is 10.6 Å². The van der Waals surface area contributed by atoms with Gasteiger partial charge in [-0.3, -0.25) is 0 Å². The van der Waals surface area contributed by atoms with E-state index in [1.807, 2.05) is 5.38 Å². The first-order valence-corrected chi connectivity index (χ1v) is 9.42. The van der Waals surface area contributed by atoms with Crippen molar-refractivity contribution < 1.29 is 4.39 Å². The van der Waals surface area contributed by atoms with Gasteiger partial charge in [0.1, 0.15) is 22.8 Å². The van der Waals surface area contributed by atoms with Crippen LogP contribution >= 0.6 is 11.3 Å². The molecule has 0 saturated heterocycles. The Labute approximate surface area is 159 Å². The summed E-state index contributed by atoms with van der Waals surface area (Å²) in [5, 5.41) is 9.56. The molecule has 0 spiro atoms. The molecule has 0 bridgehead atoms. The Kier molecular flexibility index (Phi) is 5.15. The third-order valence-corrected chi connectivity index (χ3v) is 4.91. The van der Waals surface area contributed by atoms with Crippen molar-refractivity contribution >= 4 is 33.3 Å². The summed E-state index contributed by atoms with van der Waals surface area (Å²) in [5.74, 6) is 1.16. The van der Waals surface area contributed by atoms with Gasteiger partial charge in [-0.05, 0) is 30.2 Å². The van der Waals surface area contributed by atoms with E-state index in [1.54, 1.807) is 48.3 Å². The second-order valence-corrected chi connectivity index (χ2v) is 6.70. The SMILES string of the molecule is Fc1ccc(-c2csc3ncnc(NCCCNc4ncccn4)c23)cc1. The van der Waals surface area contributed by atoms with Crippen LogP contribution in [0.4, 0.5) is 16.2 Å². The molecule has 0 radical (unpaired) electrons. The maximum atomic E-state index is 13.2. The molecule has 0 aliphatic carbocycles. The summed E-state index contributed by atoms with van der Waals surface area (Å²) in [6.07, 6.45) is 5.85. The summed E-state index contributed by atoms with van der Waals surface area (Å²) >= 11 is 1.55. The monoisotopic (exact) mass is 380 g/mol. The fraction of sp³-hybridized carbons (Fsp3) is 0.158. The minimum Gasteiger partial charge on any atom is -0.369 e. The fourth-order valence-corrected chi connectivity index (χ4v) is 3.65. The van der Waals surface area contributed by atoms with Crippen LogP contribution in [0.25, 0.3) is 21.3 Å². The molecule has 0 aliphatic rings. The predicted octanol–water partition coefficient (Wildman–Crippen LogP) is 4.20. The van der Waals surface area contributed by atoms with Gasteiger partial charge in [0.15, 0.2) is 0 Å². The average Bonchev–Trinajstić information content (AvgIpc) is 3.14. The standard InChI is InChI=1S/C19H17FN6S/c20-14-5-3-13(4-6-14)15-11-27-18-16(15)17(25-12-26-18)21-7-1-8-22-19-23-9-2-10-24-19/h2-6,9-12H,1,7-8H2,(H,21,25,26)(H,22,23,24). The zero-order valence-corrected chi connectivity index (χ0v) is 15.2. The van der Waals surface area contributed by atoms with Crippen LogP contribution in [0, 0.1) is 5.82 Å². The van der Waals surface area contributed by atoms with Crippen LogP contribution in [0.5, 0.6) is 0 Å². The molecule has 0 fully saturated rings. The third kappa shape index (κ3) is 4.01. The van der Waals surface area contributed by atoms with Crippen LogP contribution in [0.15, 0.2) is 54.4 Å². The summed E-state index contributed by atoms with van der Waals surface area (Å²) in [4.78, 5) is 17.9. The molecular formula is C19H17FN6S. The van der Waals surface area contributed by atoms with E-state index in [9.17, 15) is 4.39 Å². The van der Waals surface area contributed by atoms with Crippen LogP contribution in [-0.2, 0) is 0 Å². The van der Waals surface area contributed by atoms with E-state index >= 15 is 0 Å². The van der Waals surface area contributed by atoms with Crippen molar-refractivity contribution in [1.82, 2.24) is 19.9 Å². The van der Waals surface area contributed by atoms with Crippen LogP contribution in [0.3, 0.4) is 0 Å². The van der Waals surface area contributed by atoms with Crippen molar-refractivity contribution in [3.05, 3.63) is 60.3 Å². The van der Waals surface area contributed by atoms with E-state index in [-0.39, 0.29) is 5.82 Å². The van der Waals surface area contributed by atoms with Crippen molar-refractivity contribution in [2.45, 2.75) is 6.42 Å². The van der Waals surface area contributed by atoms with Gasteiger partial charge in [0.2, 0.25) is 5.95 Å². The number of thiophene rings is 1. The number of nitrogens with one attached hydrogen (secondary N) is 2. The second kappa shape index (κ2) is 8.05. The maximum absolute atomic E-state index is 13.2. The molecule has 27 heavy (non-hydrogen) atoms. The highest BCUT2D eigenvalue weighted by Gasteiger charge is 2.13. The number of anilines is 2. The number of fused-ring (bicyclic) bond motifs is 1. The van der Waals surface area contributed by atoms with E-state index in [1.165, 1.54) is 12.1 Å². The molecule has 136 valence electrons. The topological polar surface area (TPSA) is 75.6 Å². The van der Waals surface area contributed by atoms with E-state index in [4.69, 9.17) is 0 Å². The van der Waals surface area contributed by atoms with Gasteiger partial charge in [-0.1, -0.05) is 12.1 Å². The lowest BCUT2D eigenvalue weighted by Gasteiger charge is -2.09. The normalized spacial score (nSPS) is 10.9. The third-order valence-electron chi connectivity index (χ3n) is 4.02. The average molecular weight is 380 g/mol. The summed E-state index contributed by atoms with van der Waals surface area (Å²) < 4.78 is 13.2. The van der Waals surface area contributed by atoms with Crippen molar-refractivity contribution in [3.63, 3.8) is 0 Å². The Bertz CT molecular complexity index is 1020. The summed E-state index contributed by atoms with van der Waals surface area (Å²) in [6, 6.07) is 8.27. The van der Waals surface area contributed by atoms with Gasteiger partial charge in [-0.25, -0.2) is 24.3 Å². The summed E-state index contributed by atoms with van der Waals surface area (Å²) in [5.41, 5.74) is 1.96. The molecule has 3 heterocycles. The van der Waals surface area contributed by atoms with Gasteiger partial charge in [0.05, 0.1) is 5.39 Å². The molecule has 0 atom stereocenters. The predicted molar refractivity (Wildman–Crippen MR) is 106 cm³/mol. The Morgan fingerprint density at radius 1 is 0.926 bits per heavy atom. The first-order chi connectivity index (χ1) is 13.3. The molecule has 8 heteroatoms. The maximum Gasteiger partial charge on any atom is 0.222 e. The van der Waals surface area contributed by atoms with Crippen LogP contribution in [0.1, 0.15) is 6.42 Å². The molecule has 2 N–H and O–H groups in total. The second-order valence-electron chi connectivity index (χ2n) is 5.84. The zero-order valence-electron chi connectivity index (χ0n) is 14.4. The highest BCUT2D eigenvalue weighted by molar-refractivity contribution is 7.17. The molecule has 6 nitrogen and oxygen atoms in total. The van der Waals surface area contributed by atoms with Gasteiger partial charge < -0.3 is 10.6 Å². The van der Waals surface area contributed by atoms with E-state index in [0.717, 1.165) is 46.7 Å². The number of benzene rings is 1. The largest absolute Gasteiger partial charge is 0.369 e. The van der Waals surface area contributed by atoms with Gasteiger partial charge in [-0.2, -0.15) is 0 Å². The summed E-state index contributed by atoms with van der Waals surface area (Å²) in [7, 11) is 0. The molecule has 0 amide bonds. The van der Waals surface area contributed by atoms with Crippen molar-refractivity contribution in [2.24, 2.45) is 0 Å². The minimum atomic E-state index is -0.247. The zero-order chi connectivity index (χ0) is 18.5. The fourth-order valence-electron chi connectivity index (χ4n) is 2.74. The molecule has 0 saturated carbocycles.